The van der Waals surface area contributed by atoms with Gasteiger partial charge in [-0.05, 0) is 30.9 Å². The third-order valence-electron chi connectivity index (χ3n) is 4.61. The van der Waals surface area contributed by atoms with Crippen LogP contribution in [0.25, 0.3) is 0 Å². The number of aryl methyl sites for hydroxylation is 2. The molecule has 0 saturated carbocycles. The van der Waals surface area contributed by atoms with E-state index in [1.165, 1.54) is 11.1 Å². The van der Waals surface area contributed by atoms with Gasteiger partial charge in [-0.15, -0.1) is 0 Å². The molecule has 6 heteroatoms. The predicted octanol–water partition coefficient (Wildman–Crippen LogP) is 1.84. The van der Waals surface area contributed by atoms with E-state index in [0.717, 1.165) is 24.1 Å². The minimum absolute atomic E-state index is 0.0462. The zero-order valence-electron chi connectivity index (χ0n) is 13.0. The van der Waals surface area contributed by atoms with Crippen molar-refractivity contribution in [2.75, 3.05) is 11.1 Å². The summed E-state index contributed by atoms with van der Waals surface area (Å²) in [6, 6.07) is 8.69. The van der Waals surface area contributed by atoms with Gasteiger partial charge >= 0.3 is 0 Å². The molecule has 0 fully saturated rings. The van der Waals surface area contributed by atoms with Gasteiger partial charge in [-0.2, -0.15) is 0 Å². The van der Waals surface area contributed by atoms with Crippen molar-refractivity contribution in [2.24, 2.45) is 0 Å². The highest BCUT2D eigenvalue weighted by atomic mass is 32.2. The molecule has 120 valence electrons. The Kier molecular flexibility index (Phi) is 3.37. The molecule has 0 radical (unpaired) electrons. The molecule has 1 aromatic heterocycles. The van der Waals surface area contributed by atoms with E-state index < -0.39 is 9.84 Å². The van der Waals surface area contributed by atoms with Crippen LogP contribution in [0.1, 0.15) is 28.2 Å². The minimum Gasteiger partial charge on any atom is -0.366 e. The highest BCUT2D eigenvalue weighted by Gasteiger charge is 2.28. The Bertz CT molecular complexity index is 852. The molecule has 1 aliphatic carbocycles. The third-order valence-corrected chi connectivity index (χ3v) is 6.17. The second kappa shape index (κ2) is 5.30. The fourth-order valence-corrected chi connectivity index (χ4v) is 4.92. The van der Waals surface area contributed by atoms with E-state index in [4.69, 9.17) is 0 Å². The van der Waals surface area contributed by atoms with E-state index in [9.17, 15) is 8.42 Å². The maximum Gasteiger partial charge on any atom is 0.155 e. The number of nitrogens with one attached hydrogen (secondary N) is 1. The molecule has 0 unspecified atom stereocenters. The Hall–Kier alpha value is -1.95. The Morgan fingerprint density at radius 2 is 1.83 bits per heavy atom. The number of fused-ring (bicyclic) bond motifs is 2. The molecular weight excluding hydrogens is 310 g/mol. The average molecular weight is 329 g/mol. The lowest BCUT2D eigenvalue weighted by molar-refractivity contribution is 0.590. The van der Waals surface area contributed by atoms with Gasteiger partial charge in [-0.25, -0.2) is 18.4 Å². The first-order valence-electron chi connectivity index (χ1n) is 7.90. The first kappa shape index (κ1) is 14.6. The molecule has 0 atom stereocenters. The Morgan fingerprint density at radius 1 is 1.13 bits per heavy atom. The highest BCUT2D eigenvalue weighted by molar-refractivity contribution is 7.90. The number of rotatable bonds is 2. The average Bonchev–Trinajstić information content (AvgIpc) is 2.90. The standard InChI is InChI=1S/C17H19N3O2S/c1-11-18-16-6-7-23(21,22)10-15(16)17(19-11)20-14-8-12-4-2-3-5-13(12)9-14/h2-5,14H,6-10H2,1H3,(H,18,19,20). The molecule has 2 aliphatic rings. The van der Waals surface area contributed by atoms with Gasteiger partial charge in [0, 0.05) is 18.0 Å². The highest BCUT2D eigenvalue weighted by Crippen LogP contribution is 2.29. The van der Waals surface area contributed by atoms with Crippen LogP contribution >= 0.6 is 0 Å². The monoisotopic (exact) mass is 329 g/mol. The number of hydrogen-bond donors (Lipinski definition) is 1. The van der Waals surface area contributed by atoms with Gasteiger partial charge in [0.05, 0.1) is 17.2 Å². The number of sulfone groups is 1. The van der Waals surface area contributed by atoms with Gasteiger partial charge in [-0.1, -0.05) is 24.3 Å². The Morgan fingerprint density at radius 3 is 2.52 bits per heavy atom. The number of aromatic nitrogens is 2. The molecule has 1 aromatic carbocycles. The molecular formula is C17H19N3O2S. The van der Waals surface area contributed by atoms with Crippen molar-refractivity contribution in [3.05, 3.63) is 52.5 Å². The summed E-state index contributed by atoms with van der Waals surface area (Å²) in [6.45, 7) is 1.86. The van der Waals surface area contributed by atoms with Crippen molar-refractivity contribution in [3.63, 3.8) is 0 Å². The number of anilines is 1. The first-order chi connectivity index (χ1) is 11.0. The first-order valence-corrected chi connectivity index (χ1v) is 9.72. The second-order valence-corrected chi connectivity index (χ2v) is 8.59. The zero-order chi connectivity index (χ0) is 16.0. The summed E-state index contributed by atoms with van der Waals surface area (Å²) >= 11 is 0. The summed E-state index contributed by atoms with van der Waals surface area (Å²) in [5.41, 5.74) is 4.36. The van der Waals surface area contributed by atoms with Crippen LogP contribution < -0.4 is 5.32 Å². The van der Waals surface area contributed by atoms with Gasteiger partial charge in [-0.3, -0.25) is 0 Å². The predicted molar refractivity (Wildman–Crippen MR) is 89.2 cm³/mol. The summed E-state index contributed by atoms with van der Waals surface area (Å²) in [7, 11) is -3.04. The fourth-order valence-electron chi connectivity index (χ4n) is 3.53. The Balaban J connectivity index is 1.64. The lowest BCUT2D eigenvalue weighted by Crippen LogP contribution is -2.26. The van der Waals surface area contributed by atoms with Crippen molar-refractivity contribution in [2.45, 2.75) is 38.0 Å². The summed E-state index contributed by atoms with van der Waals surface area (Å²) in [4.78, 5) is 8.93. The van der Waals surface area contributed by atoms with Gasteiger partial charge in [0.25, 0.3) is 0 Å². The van der Waals surface area contributed by atoms with Crippen molar-refractivity contribution < 1.29 is 8.42 Å². The van der Waals surface area contributed by atoms with Crippen molar-refractivity contribution >= 4 is 15.7 Å². The fraction of sp³-hybridized carbons (Fsp3) is 0.412. The summed E-state index contributed by atoms with van der Waals surface area (Å²) in [5, 5.41) is 3.48. The summed E-state index contributed by atoms with van der Waals surface area (Å²) in [6.07, 6.45) is 2.38. The molecule has 0 spiro atoms. The number of nitrogens with zero attached hydrogens (tertiary/aromatic N) is 2. The molecule has 5 nitrogen and oxygen atoms in total. The molecule has 2 heterocycles. The molecule has 2 aromatic rings. The molecule has 1 N–H and O–H groups in total. The lowest BCUT2D eigenvalue weighted by atomic mass is 10.1. The minimum atomic E-state index is -3.04. The van der Waals surface area contributed by atoms with Crippen molar-refractivity contribution in [1.29, 1.82) is 0 Å². The van der Waals surface area contributed by atoms with E-state index in [0.29, 0.717) is 18.1 Å². The molecule has 0 amide bonds. The zero-order valence-corrected chi connectivity index (χ0v) is 13.9. The maximum absolute atomic E-state index is 12.0. The lowest BCUT2D eigenvalue weighted by Gasteiger charge is -2.22. The van der Waals surface area contributed by atoms with E-state index in [-0.39, 0.29) is 17.5 Å². The van der Waals surface area contributed by atoms with Gasteiger partial charge < -0.3 is 5.32 Å². The summed E-state index contributed by atoms with van der Waals surface area (Å²) < 4.78 is 24.0. The molecule has 4 rings (SSSR count). The van der Waals surface area contributed by atoms with Crippen LogP contribution in [0.4, 0.5) is 5.82 Å². The van der Waals surface area contributed by atoms with Crippen LogP contribution in [0.2, 0.25) is 0 Å². The van der Waals surface area contributed by atoms with Crippen LogP contribution in [0.15, 0.2) is 24.3 Å². The molecule has 1 aliphatic heterocycles. The molecule has 0 saturated heterocycles. The molecule has 23 heavy (non-hydrogen) atoms. The van der Waals surface area contributed by atoms with Crippen LogP contribution in [-0.4, -0.2) is 30.2 Å². The van der Waals surface area contributed by atoms with E-state index in [1.807, 2.05) is 6.92 Å². The normalized spacial score (nSPS) is 19.2. The van der Waals surface area contributed by atoms with E-state index >= 15 is 0 Å². The van der Waals surface area contributed by atoms with Gasteiger partial charge in [0.2, 0.25) is 0 Å². The van der Waals surface area contributed by atoms with Crippen LogP contribution in [0.5, 0.6) is 0 Å². The molecule has 0 bridgehead atoms. The number of hydrogen-bond acceptors (Lipinski definition) is 5. The smallest absolute Gasteiger partial charge is 0.155 e. The van der Waals surface area contributed by atoms with Crippen LogP contribution in [0, 0.1) is 6.92 Å². The summed E-state index contributed by atoms with van der Waals surface area (Å²) in [5.74, 6) is 1.63. The van der Waals surface area contributed by atoms with Crippen molar-refractivity contribution in [3.8, 4) is 0 Å². The van der Waals surface area contributed by atoms with E-state index in [2.05, 4.69) is 39.6 Å². The van der Waals surface area contributed by atoms with E-state index in [1.54, 1.807) is 0 Å². The quantitative estimate of drug-likeness (QED) is 0.910. The topological polar surface area (TPSA) is 72.0 Å². The largest absolute Gasteiger partial charge is 0.366 e. The number of benzene rings is 1. The third kappa shape index (κ3) is 2.83. The second-order valence-electron chi connectivity index (χ2n) is 6.40. The van der Waals surface area contributed by atoms with Crippen LogP contribution in [0.3, 0.4) is 0 Å². The van der Waals surface area contributed by atoms with Crippen LogP contribution in [-0.2, 0) is 34.9 Å². The Labute approximate surface area is 136 Å². The van der Waals surface area contributed by atoms with Gasteiger partial charge in [0.1, 0.15) is 11.6 Å². The maximum atomic E-state index is 12.0. The van der Waals surface area contributed by atoms with Crippen molar-refractivity contribution in [1.82, 2.24) is 9.97 Å². The SMILES string of the molecule is Cc1nc2c(c(NC3Cc4ccccc4C3)n1)CS(=O)(=O)CC2. The van der Waals surface area contributed by atoms with Gasteiger partial charge in [0.15, 0.2) is 9.84 Å².